The summed E-state index contributed by atoms with van der Waals surface area (Å²) in [5, 5.41) is 2.71. The molecule has 0 radical (unpaired) electrons. The van der Waals surface area contributed by atoms with Crippen molar-refractivity contribution in [2.45, 2.75) is 19.4 Å². The maximum atomic E-state index is 12.5. The number of rotatable bonds is 2. The molecule has 1 aromatic carbocycles. The Morgan fingerprint density at radius 2 is 1.84 bits per heavy atom. The fraction of sp³-hybridized carbons (Fsp3) is 0.429. The van der Waals surface area contributed by atoms with Crippen molar-refractivity contribution in [2.24, 2.45) is 0 Å². The highest BCUT2D eigenvalue weighted by Gasteiger charge is 2.40. The van der Waals surface area contributed by atoms with E-state index in [2.05, 4.69) is 5.32 Å². The summed E-state index contributed by atoms with van der Waals surface area (Å²) in [6.07, 6.45) is 0. The molecule has 19 heavy (non-hydrogen) atoms. The van der Waals surface area contributed by atoms with Crippen LogP contribution in [-0.4, -0.2) is 38.0 Å². The number of anilines is 2. The molecule has 0 atom stereocenters. The molecule has 1 aliphatic rings. The molecule has 1 heterocycles. The maximum Gasteiger partial charge on any atom is 0.252 e. The topological polar surface area (TPSA) is 52.6 Å². The third kappa shape index (κ3) is 2.41. The quantitative estimate of drug-likeness (QED) is 0.864. The van der Waals surface area contributed by atoms with E-state index in [9.17, 15) is 9.59 Å². The van der Waals surface area contributed by atoms with Crippen LogP contribution in [0.4, 0.5) is 11.4 Å². The number of hydrogen-bond donors (Lipinski definition) is 1. The zero-order chi connectivity index (χ0) is 14.2. The molecule has 0 bridgehead atoms. The summed E-state index contributed by atoms with van der Waals surface area (Å²) in [5.41, 5.74) is 0.816. The summed E-state index contributed by atoms with van der Waals surface area (Å²) in [6, 6.07) is 7.58. The second-order valence-corrected chi connectivity index (χ2v) is 5.45. The fourth-order valence-electron chi connectivity index (χ4n) is 2.26. The molecule has 0 spiro atoms. The molecule has 102 valence electrons. The molecule has 5 nitrogen and oxygen atoms in total. The lowest BCUT2D eigenvalue weighted by atomic mass is 9.99. The van der Waals surface area contributed by atoms with Crippen molar-refractivity contribution in [3.63, 3.8) is 0 Å². The lowest BCUT2D eigenvalue weighted by Gasteiger charge is -2.38. The molecule has 1 fully saturated rings. The van der Waals surface area contributed by atoms with Gasteiger partial charge in [-0.15, -0.1) is 0 Å². The van der Waals surface area contributed by atoms with Crippen LogP contribution >= 0.6 is 0 Å². The summed E-state index contributed by atoms with van der Waals surface area (Å²) >= 11 is 0. The fourth-order valence-corrected chi connectivity index (χ4v) is 2.26. The van der Waals surface area contributed by atoms with Gasteiger partial charge in [0.1, 0.15) is 12.1 Å². The predicted octanol–water partition coefficient (Wildman–Crippen LogP) is 0.994. The third-order valence-electron chi connectivity index (χ3n) is 3.19. The number of benzene rings is 1. The number of nitrogens with one attached hydrogen (secondary N) is 1. The van der Waals surface area contributed by atoms with Gasteiger partial charge in [-0.2, -0.15) is 0 Å². The summed E-state index contributed by atoms with van der Waals surface area (Å²) < 4.78 is 0. The summed E-state index contributed by atoms with van der Waals surface area (Å²) in [5.74, 6) is -0.237. The molecule has 1 aromatic rings. The van der Waals surface area contributed by atoms with Crippen molar-refractivity contribution in [1.29, 1.82) is 0 Å². The number of carbonyl (C=O) groups excluding carboxylic acids is 2. The van der Waals surface area contributed by atoms with E-state index in [1.165, 1.54) is 0 Å². The Bertz CT molecular complexity index is 523. The molecular formula is C14H19N3O2. The van der Waals surface area contributed by atoms with Gasteiger partial charge in [-0.3, -0.25) is 14.5 Å². The second kappa shape index (κ2) is 4.57. The van der Waals surface area contributed by atoms with Gasteiger partial charge in [-0.05, 0) is 26.0 Å². The first-order valence-electron chi connectivity index (χ1n) is 6.22. The molecule has 0 unspecified atom stereocenters. The maximum absolute atomic E-state index is 12.5. The van der Waals surface area contributed by atoms with Crippen LogP contribution in [0.3, 0.4) is 0 Å². The lowest BCUT2D eigenvalue weighted by molar-refractivity contribution is -0.134. The molecule has 1 saturated heterocycles. The SMILES string of the molecule is CN(C)c1ccccc1N1CC(=O)NC(C)(C)C1=O. The molecule has 0 aliphatic carbocycles. The Balaban J connectivity index is 2.46. The summed E-state index contributed by atoms with van der Waals surface area (Å²) in [7, 11) is 3.83. The average Bonchev–Trinajstić information content (AvgIpc) is 2.33. The van der Waals surface area contributed by atoms with E-state index >= 15 is 0 Å². The van der Waals surface area contributed by atoms with Gasteiger partial charge >= 0.3 is 0 Å². The van der Waals surface area contributed by atoms with Crippen molar-refractivity contribution in [2.75, 3.05) is 30.4 Å². The van der Waals surface area contributed by atoms with Crippen LogP contribution in [0.1, 0.15) is 13.8 Å². The monoisotopic (exact) mass is 261 g/mol. The van der Waals surface area contributed by atoms with Crippen LogP contribution in [0.25, 0.3) is 0 Å². The minimum Gasteiger partial charge on any atom is -0.376 e. The van der Waals surface area contributed by atoms with E-state index in [0.717, 1.165) is 11.4 Å². The number of carbonyl (C=O) groups is 2. The molecule has 2 rings (SSSR count). The molecule has 0 aromatic heterocycles. The van der Waals surface area contributed by atoms with Gasteiger partial charge in [0.2, 0.25) is 5.91 Å². The smallest absolute Gasteiger partial charge is 0.252 e. The van der Waals surface area contributed by atoms with Crippen LogP contribution in [0.2, 0.25) is 0 Å². The van der Waals surface area contributed by atoms with Gasteiger partial charge in [0.25, 0.3) is 5.91 Å². The summed E-state index contributed by atoms with van der Waals surface area (Å²) in [6.45, 7) is 3.50. The lowest BCUT2D eigenvalue weighted by Crippen LogP contribution is -2.64. The number of nitrogens with zero attached hydrogens (tertiary/aromatic N) is 2. The van der Waals surface area contributed by atoms with Gasteiger partial charge in [0.15, 0.2) is 0 Å². The van der Waals surface area contributed by atoms with E-state index in [4.69, 9.17) is 0 Å². The number of hydrogen-bond acceptors (Lipinski definition) is 3. The highest BCUT2D eigenvalue weighted by Crippen LogP contribution is 2.30. The van der Waals surface area contributed by atoms with E-state index in [1.807, 2.05) is 43.3 Å². The van der Waals surface area contributed by atoms with Crippen molar-refractivity contribution in [3.8, 4) is 0 Å². The molecule has 5 heteroatoms. The van der Waals surface area contributed by atoms with Crippen molar-refractivity contribution < 1.29 is 9.59 Å². The van der Waals surface area contributed by atoms with Gasteiger partial charge in [0, 0.05) is 14.1 Å². The molecule has 1 N–H and O–H groups in total. The van der Waals surface area contributed by atoms with Gasteiger partial charge in [0.05, 0.1) is 11.4 Å². The Hall–Kier alpha value is -2.04. The standard InChI is InChI=1S/C14H19N3O2/c1-14(2)13(19)17(9-12(18)15-14)11-8-6-5-7-10(11)16(3)4/h5-8H,9H2,1-4H3,(H,15,18). The van der Waals surface area contributed by atoms with Crippen LogP contribution in [0, 0.1) is 0 Å². The van der Waals surface area contributed by atoms with Gasteiger partial charge < -0.3 is 10.2 Å². The zero-order valence-electron chi connectivity index (χ0n) is 11.7. The first kappa shape index (κ1) is 13.4. The zero-order valence-corrected chi connectivity index (χ0v) is 11.7. The first-order chi connectivity index (χ1) is 8.83. The molecule has 0 saturated carbocycles. The third-order valence-corrected chi connectivity index (χ3v) is 3.19. The van der Waals surface area contributed by atoms with Gasteiger partial charge in [-0.1, -0.05) is 12.1 Å². The predicted molar refractivity (Wildman–Crippen MR) is 75.3 cm³/mol. The van der Waals surface area contributed by atoms with Crippen molar-refractivity contribution in [3.05, 3.63) is 24.3 Å². The molecule has 1 aliphatic heterocycles. The number of para-hydroxylation sites is 2. The van der Waals surface area contributed by atoms with Crippen LogP contribution < -0.4 is 15.1 Å². The van der Waals surface area contributed by atoms with Crippen LogP contribution in [0.5, 0.6) is 0 Å². The first-order valence-corrected chi connectivity index (χ1v) is 6.22. The highest BCUT2D eigenvalue weighted by atomic mass is 16.2. The Morgan fingerprint density at radius 3 is 2.47 bits per heavy atom. The van der Waals surface area contributed by atoms with Gasteiger partial charge in [-0.25, -0.2) is 0 Å². The molecular weight excluding hydrogens is 242 g/mol. The summed E-state index contributed by atoms with van der Waals surface area (Å²) in [4.78, 5) is 27.7. The van der Waals surface area contributed by atoms with Crippen LogP contribution in [0.15, 0.2) is 24.3 Å². The second-order valence-electron chi connectivity index (χ2n) is 5.45. The minimum atomic E-state index is -0.866. The minimum absolute atomic E-state index is 0.0626. The highest BCUT2D eigenvalue weighted by molar-refractivity contribution is 6.10. The Labute approximate surface area is 113 Å². The van der Waals surface area contributed by atoms with E-state index in [1.54, 1.807) is 18.7 Å². The van der Waals surface area contributed by atoms with Crippen LogP contribution in [-0.2, 0) is 9.59 Å². The number of piperazine rings is 1. The van der Waals surface area contributed by atoms with E-state index in [0.29, 0.717) is 0 Å². The Morgan fingerprint density at radius 1 is 1.21 bits per heavy atom. The molecule has 2 amide bonds. The largest absolute Gasteiger partial charge is 0.376 e. The number of amides is 2. The normalized spacial score (nSPS) is 18.2. The van der Waals surface area contributed by atoms with E-state index < -0.39 is 5.54 Å². The van der Waals surface area contributed by atoms with Crippen molar-refractivity contribution >= 4 is 23.2 Å². The Kier molecular flexibility index (Phi) is 3.22. The van der Waals surface area contributed by atoms with Crippen molar-refractivity contribution in [1.82, 2.24) is 5.32 Å². The van der Waals surface area contributed by atoms with E-state index in [-0.39, 0.29) is 18.4 Å². The average molecular weight is 261 g/mol.